The van der Waals surface area contributed by atoms with Gasteiger partial charge < -0.3 is 11.1 Å². The number of hydrogen-bond acceptors (Lipinski definition) is 2. The monoisotopic (exact) mass is 266 g/mol. The number of nitrogens with one attached hydrogen (secondary N) is 1. The van der Waals surface area contributed by atoms with Gasteiger partial charge in [-0.25, -0.2) is 0 Å². The van der Waals surface area contributed by atoms with Crippen LogP contribution in [0.2, 0.25) is 5.02 Å². The van der Waals surface area contributed by atoms with Crippen LogP contribution in [-0.4, -0.2) is 11.9 Å². The largest absolute Gasteiger partial charge is 0.366 e. The SMILES string of the molecule is NC(=O)c1ccc(CNC2CCCCC2)c(Cl)c1. The predicted octanol–water partition coefficient (Wildman–Crippen LogP) is 2.86. The predicted molar refractivity (Wildman–Crippen MR) is 73.7 cm³/mol. The maximum atomic E-state index is 11.0. The van der Waals surface area contributed by atoms with Gasteiger partial charge in [0.1, 0.15) is 0 Å². The molecule has 1 amide bonds. The molecule has 0 bridgehead atoms. The fraction of sp³-hybridized carbons (Fsp3) is 0.500. The molecular weight excluding hydrogens is 248 g/mol. The van der Waals surface area contributed by atoms with Gasteiger partial charge in [-0.05, 0) is 30.5 Å². The number of benzene rings is 1. The summed E-state index contributed by atoms with van der Waals surface area (Å²) < 4.78 is 0. The summed E-state index contributed by atoms with van der Waals surface area (Å²) in [4.78, 5) is 11.0. The van der Waals surface area contributed by atoms with Gasteiger partial charge in [-0.1, -0.05) is 36.9 Å². The summed E-state index contributed by atoms with van der Waals surface area (Å²) in [5.41, 5.74) is 6.69. The molecular formula is C14H19ClN2O. The summed E-state index contributed by atoms with van der Waals surface area (Å²) in [6.07, 6.45) is 6.47. The van der Waals surface area contributed by atoms with Crippen molar-refractivity contribution >= 4 is 17.5 Å². The summed E-state index contributed by atoms with van der Waals surface area (Å²) in [7, 11) is 0. The Kier molecular flexibility index (Phi) is 4.61. The van der Waals surface area contributed by atoms with Gasteiger partial charge in [0.25, 0.3) is 0 Å². The van der Waals surface area contributed by atoms with Gasteiger partial charge in [0.2, 0.25) is 5.91 Å². The first kappa shape index (κ1) is 13.4. The highest BCUT2D eigenvalue weighted by molar-refractivity contribution is 6.31. The fourth-order valence-electron chi connectivity index (χ4n) is 2.40. The zero-order valence-corrected chi connectivity index (χ0v) is 11.2. The number of amides is 1. The van der Waals surface area contributed by atoms with E-state index in [4.69, 9.17) is 17.3 Å². The number of rotatable bonds is 4. The van der Waals surface area contributed by atoms with E-state index in [-0.39, 0.29) is 0 Å². The van der Waals surface area contributed by atoms with Crippen LogP contribution in [0.1, 0.15) is 48.0 Å². The van der Waals surface area contributed by atoms with Gasteiger partial charge in [-0.3, -0.25) is 4.79 Å². The molecule has 1 aromatic rings. The standard InChI is InChI=1S/C14H19ClN2O/c15-13-8-10(14(16)18)6-7-11(13)9-17-12-4-2-1-3-5-12/h6-8,12,17H,1-5,9H2,(H2,16,18). The highest BCUT2D eigenvalue weighted by Gasteiger charge is 2.13. The molecule has 98 valence electrons. The van der Waals surface area contributed by atoms with E-state index >= 15 is 0 Å². The molecule has 1 aliphatic rings. The van der Waals surface area contributed by atoms with Crippen molar-refractivity contribution in [2.75, 3.05) is 0 Å². The number of nitrogens with two attached hydrogens (primary N) is 1. The minimum Gasteiger partial charge on any atom is -0.366 e. The second-order valence-corrected chi connectivity index (χ2v) is 5.29. The van der Waals surface area contributed by atoms with E-state index in [1.165, 1.54) is 32.1 Å². The minimum atomic E-state index is -0.441. The average Bonchev–Trinajstić information content (AvgIpc) is 2.38. The van der Waals surface area contributed by atoms with Crippen LogP contribution in [-0.2, 0) is 6.54 Å². The second kappa shape index (κ2) is 6.21. The van der Waals surface area contributed by atoms with Crippen molar-refractivity contribution in [2.45, 2.75) is 44.7 Å². The molecule has 1 aromatic carbocycles. The third-order valence-corrected chi connectivity index (χ3v) is 3.88. The lowest BCUT2D eigenvalue weighted by Gasteiger charge is -2.23. The molecule has 18 heavy (non-hydrogen) atoms. The molecule has 0 unspecified atom stereocenters. The van der Waals surface area contributed by atoms with Crippen LogP contribution in [0.5, 0.6) is 0 Å². The lowest BCUT2D eigenvalue weighted by atomic mass is 9.95. The summed E-state index contributed by atoms with van der Waals surface area (Å²) in [5.74, 6) is -0.441. The maximum Gasteiger partial charge on any atom is 0.248 e. The Morgan fingerprint density at radius 2 is 2.06 bits per heavy atom. The Morgan fingerprint density at radius 3 is 2.67 bits per heavy atom. The Morgan fingerprint density at radius 1 is 1.33 bits per heavy atom. The molecule has 1 fully saturated rings. The van der Waals surface area contributed by atoms with E-state index in [0.29, 0.717) is 16.6 Å². The quantitative estimate of drug-likeness (QED) is 0.880. The first-order chi connectivity index (χ1) is 8.66. The number of halogens is 1. The third kappa shape index (κ3) is 3.47. The first-order valence-corrected chi connectivity index (χ1v) is 6.86. The molecule has 0 atom stereocenters. The van der Waals surface area contributed by atoms with Crippen molar-refractivity contribution in [3.05, 3.63) is 34.3 Å². The van der Waals surface area contributed by atoms with Crippen molar-refractivity contribution in [2.24, 2.45) is 5.73 Å². The second-order valence-electron chi connectivity index (χ2n) is 4.89. The molecule has 0 saturated heterocycles. The zero-order chi connectivity index (χ0) is 13.0. The normalized spacial score (nSPS) is 16.7. The van der Waals surface area contributed by atoms with Crippen LogP contribution < -0.4 is 11.1 Å². The topological polar surface area (TPSA) is 55.1 Å². The van der Waals surface area contributed by atoms with Gasteiger partial charge in [-0.2, -0.15) is 0 Å². The molecule has 0 aromatic heterocycles. The summed E-state index contributed by atoms with van der Waals surface area (Å²) in [5, 5.41) is 4.13. The lowest BCUT2D eigenvalue weighted by Crippen LogP contribution is -2.30. The van der Waals surface area contributed by atoms with Crippen molar-refractivity contribution in [1.82, 2.24) is 5.32 Å². The van der Waals surface area contributed by atoms with Crippen LogP contribution in [0.25, 0.3) is 0 Å². The number of hydrogen-bond donors (Lipinski definition) is 2. The van der Waals surface area contributed by atoms with Crippen molar-refractivity contribution in [1.29, 1.82) is 0 Å². The van der Waals surface area contributed by atoms with Crippen molar-refractivity contribution in [3.63, 3.8) is 0 Å². The van der Waals surface area contributed by atoms with E-state index in [0.717, 1.165) is 12.1 Å². The molecule has 3 N–H and O–H groups in total. The smallest absolute Gasteiger partial charge is 0.248 e. The Hall–Kier alpha value is -1.06. The van der Waals surface area contributed by atoms with Gasteiger partial charge in [0.05, 0.1) is 0 Å². The molecule has 0 spiro atoms. The van der Waals surface area contributed by atoms with Crippen LogP contribution in [0.15, 0.2) is 18.2 Å². The highest BCUT2D eigenvalue weighted by atomic mass is 35.5. The number of primary amides is 1. The number of carbonyl (C=O) groups is 1. The van der Waals surface area contributed by atoms with E-state index in [1.54, 1.807) is 12.1 Å². The van der Waals surface area contributed by atoms with Crippen LogP contribution in [0, 0.1) is 0 Å². The van der Waals surface area contributed by atoms with E-state index < -0.39 is 5.91 Å². The van der Waals surface area contributed by atoms with Gasteiger partial charge >= 0.3 is 0 Å². The van der Waals surface area contributed by atoms with Crippen molar-refractivity contribution in [3.8, 4) is 0 Å². The van der Waals surface area contributed by atoms with Gasteiger partial charge in [0.15, 0.2) is 0 Å². The molecule has 1 aliphatic carbocycles. The third-order valence-electron chi connectivity index (χ3n) is 3.52. The summed E-state index contributed by atoms with van der Waals surface area (Å²) in [6, 6.07) is 5.84. The molecule has 2 rings (SSSR count). The van der Waals surface area contributed by atoms with E-state index in [1.807, 2.05) is 6.07 Å². The van der Waals surface area contributed by atoms with E-state index in [2.05, 4.69) is 5.32 Å². The molecule has 1 saturated carbocycles. The summed E-state index contributed by atoms with van der Waals surface area (Å²) in [6.45, 7) is 0.753. The molecule has 4 heteroatoms. The molecule has 3 nitrogen and oxygen atoms in total. The minimum absolute atomic E-state index is 0.441. The van der Waals surface area contributed by atoms with Gasteiger partial charge in [-0.15, -0.1) is 0 Å². The Balaban J connectivity index is 1.94. The van der Waals surface area contributed by atoms with Crippen LogP contribution in [0.4, 0.5) is 0 Å². The fourth-order valence-corrected chi connectivity index (χ4v) is 2.65. The highest BCUT2D eigenvalue weighted by Crippen LogP contribution is 2.20. The molecule has 0 heterocycles. The first-order valence-electron chi connectivity index (χ1n) is 6.48. The lowest BCUT2D eigenvalue weighted by molar-refractivity contribution is 0.100. The molecule has 0 aliphatic heterocycles. The van der Waals surface area contributed by atoms with Gasteiger partial charge in [0, 0.05) is 23.2 Å². The summed E-state index contributed by atoms with van der Waals surface area (Å²) >= 11 is 6.14. The number of carbonyl (C=O) groups excluding carboxylic acids is 1. The molecule has 0 radical (unpaired) electrons. The average molecular weight is 267 g/mol. The Labute approximate surface area is 113 Å². The van der Waals surface area contributed by atoms with Crippen LogP contribution >= 0.6 is 11.6 Å². The van der Waals surface area contributed by atoms with Crippen LogP contribution in [0.3, 0.4) is 0 Å². The maximum absolute atomic E-state index is 11.0. The van der Waals surface area contributed by atoms with Crippen molar-refractivity contribution < 1.29 is 4.79 Å². The zero-order valence-electron chi connectivity index (χ0n) is 10.4. The Bertz CT molecular complexity index is 428. The van der Waals surface area contributed by atoms with E-state index in [9.17, 15) is 4.79 Å².